The normalized spacial score (nSPS) is 14.9. The molecule has 0 saturated heterocycles. The van der Waals surface area contributed by atoms with Gasteiger partial charge in [0.2, 0.25) is 0 Å². The number of fused-ring (bicyclic) bond motifs is 1. The van der Waals surface area contributed by atoms with Crippen LogP contribution < -0.4 is 19.6 Å². The Balaban J connectivity index is 1.67. The van der Waals surface area contributed by atoms with E-state index in [1.165, 1.54) is 35.1 Å². The van der Waals surface area contributed by atoms with Gasteiger partial charge in [0.15, 0.2) is 4.80 Å². The SMILES string of the molecule is CCCC1=C(C(=O)OCC)[C@@H](c2cc(Cl)ccc2OC)n2c(s/c(=C/c3ccc(-c4ccc([N+](=O)[O-])cc4)o3)c2=O)=N1. The van der Waals surface area contributed by atoms with Crippen LogP contribution in [-0.4, -0.2) is 29.2 Å². The number of furan rings is 1. The van der Waals surface area contributed by atoms with Gasteiger partial charge in [-0.1, -0.05) is 36.3 Å². The van der Waals surface area contributed by atoms with E-state index in [0.29, 0.717) is 61.3 Å². The first kappa shape index (κ1) is 29.0. The lowest BCUT2D eigenvalue weighted by molar-refractivity contribution is -0.384. The van der Waals surface area contributed by atoms with Crippen LogP contribution >= 0.6 is 22.9 Å². The zero-order valence-corrected chi connectivity index (χ0v) is 24.5. The molecule has 0 bridgehead atoms. The number of benzene rings is 2. The number of aromatic nitrogens is 1. The number of thiazole rings is 1. The second-order valence-corrected chi connectivity index (χ2v) is 10.8. The molecule has 0 radical (unpaired) electrons. The summed E-state index contributed by atoms with van der Waals surface area (Å²) in [4.78, 5) is 43.0. The number of nitro groups is 1. The predicted molar refractivity (Wildman–Crippen MR) is 158 cm³/mol. The number of hydrogen-bond acceptors (Lipinski definition) is 9. The number of carbonyl (C=O) groups excluding carboxylic acids is 1. The summed E-state index contributed by atoms with van der Waals surface area (Å²) in [6.45, 7) is 3.85. The van der Waals surface area contributed by atoms with Crippen LogP contribution in [0.2, 0.25) is 5.02 Å². The van der Waals surface area contributed by atoms with Crippen molar-refractivity contribution in [1.82, 2.24) is 4.57 Å². The Labute approximate surface area is 248 Å². The molecule has 42 heavy (non-hydrogen) atoms. The maximum Gasteiger partial charge on any atom is 0.338 e. The van der Waals surface area contributed by atoms with Crippen LogP contribution in [0.1, 0.15) is 44.1 Å². The fourth-order valence-corrected chi connectivity index (χ4v) is 5.98. The average molecular weight is 608 g/mol. The van der Waals surface area contributed by atoms with Crippen molar-refractivity contribution < 1.29 is 23.6 Å². The molecule has 10 nitrogen and oxygen atoms in total. The van der Waals surface area contributed by atoms with Gasteiger partial charge in [-0.2, -0.15) is 0 Å². The quantitative estimate of drug-likeness (QED) is 0.141. The van der Waals surface area contributed by atoms with Crippen LogP contribution in [0.4, 0.5) is 5.69 Å². The van der Waals surface area contributed by atoms with Crippen molar-refractivity contribution >= 4 is 40.7 Å². The van der Waals surface area contributed by atoms with E-state index in [4.69, 9.17) is 30.5 Å². The molecule has 12 heteroatoms. The number of esters is 1. The Morgan fingerprint density at radius 3 is 2.62 bits per heavy atom. The van der Waals surface area contributed by atoms with Crippen LogP contribution in [0.25, 0.3) is 17.4 Å². The molecule has 0 amide bonds. The van der Waals surface area contributed by atoms with Gasteiger partial charge in [-0.15, -0.1) is 0 Å². The van der Waals surface area contributed by atoms with Crippen LogP contribution in [0.5, 0.6) is 5.75 Å². The summed E-state index contributed by atoms with van der Waals surface area (Å²) < 4.78 is 18.8. The van der Waals surface area contributed by atoms with Crippen LogP contribution in [0.15, 0.2) is 80.1 Å². The Hall–Kier alpha value is -4.48. The summed E-state index contributed by atoms with van der Waals surface area (Å²) >= 11 is 7.56. The second kappa shape index (κ2) is 12.2. The summed E-state index contributed by atoms with van der Waals surface area (Å²) in [5.74, 6) is 0.784. The van der Waals surface area contributed by atoms with E-state index < -0.39 is 16.9 Å². The smallest absolute Gasteiger partial charge is 0.338 e. The molecule has 0 N–H and O–H groups in total. The predicted octanol–water partition coefficient (Wildman–Crippen LogP) is 5.41. The Morgan fingerprint density at radius 1 is 1.19 bits per heavy atom. The first-order chi connectivity index (χ1) is 20.2. The van der Waals surface area contributed by atoms with E-state index in [1.54, 1.807) is 55.5 Å². The van der Waals surface area contributed by atoms with Crippen molar-refractivity contribution in [1.29, 1.82) is 0 Å². The lowest BCUT2D eigenvalue weighted by Crippen LogP contribution is -2.40. The van der Waals surface area contributed by atoms with Crippen LogP contribution in [0.3, 0.4) is 0 Å². The van der Waals surface area contributed by atoms with Gasteiger partial charge in [-0.3, -0.25) is 19.5 Å². The number of hydrogen-bond donors (Lipinski definition) is 0. The van der Waals surface area contributed by atoms with Gasteiger partial charge in [0.1, 0.15) is 23.3 Å². The van der Waals surface area contributed by atoms with Gasteiger partial charge in [0.05, 0.1) is 34.4 Å². The van der Waals surface area contributed by atoms with Crippen molar-refractivity contribution in [2.75, 3.05) is 13.7 Å². The van der Waals surface area contributed by atoms with Gasteiger partial charge in [-0.05, 0) is 55.8 Å². The van der Waals surface area contributed by atoms with Crippen molar-refractivity contribution in [2.45, 2.75) is 32.7 Å². The molecule has 2 aromatic carbocycles. The second-order valence-electron chi connectivity index (χ2n) is 9.31. The average Bonchev–Trinajstić information content (AvgIpc) is 3.57. The van der Waals surface area contributed by atoms with Gasteiger partial charge < -0.3 is 13.9 Å². The molecule has 216 valence electrons. The lowest BCUT2D eigenvalue weighted by Gasteiger charge is -2.27. The minimum absolute atomic E-state index is 0.0258. The molecule has 0 aliphatic carbocycles. The number of non-ortho nitro benzene ring substituents is 1. The summed E-state index contributed by atoms with van der Waals surface area (Å²) in [5, 5.41) is 11.4. The minimum Gasteiger partial charge on any atom is -0.496 e. The molecular formula is C30H26ClN3O7S. The van der Waals surface area contributed by atoms with Crippen LogP contribution in [-0.2, 0) is 9.53 Å². The maximum absolute atomic E-state index is 14.0. The number of ether oxygens (including phenoxy) is 2. The number of carbonyl (C=O) groups is 1. The lowest BCUT2D eigenvalue weighted by atomic mass is 9.93. The van der Waals surface area contributed by atoms with E-state index in [1.807, 2.05) is 6.92 Å². The number of nitro benzene ring substituents is 1. The molecule has 0 saturated carbocycles. The third-order valence-corrected chi connectivity index (χ3v) is 7.86. The fraction of sp³-hybridized carbons (Fsp3) is 0.233. The molecule has 1 atom stereocenters. The first-order valence-electron chi connectivity index (χ1n) is 13.2. The van der Waals surface area contributed by atoms with Crippen molar-refractivity contribution in [3.63, 3.8) is 0 Å². The highest BCUT2D eigenvalue weighted by Gasteiger charge is 2.36. The summed E-state index contributed by atoms with van der Waals surface area (Å²) in [5.41, 5.74) is 1.57. The topological polar surface area (TPSA) is 126 Å². The Bertz CT molecular complexity index is 1890. The molecule has 2 aromatic heterocycles. The molecular weight excluding hydrogens is 582 g/mol. The summed E-state index contributed by atoms with van der Waals surface area (Å²) in [7, 11) is 1.51. The van der Waals surface area contributed by atoms with Gasteiger partial charge in [-0.25, -0.2) is 9.79 Å². The van der Waals surface area contributed by atoms with E-state index in [0.717, 1.165) is 0 Å². The molecule has 1 aliphatic heterocycles. The highest BCUT2D eigenvalue weighted by atomic mass is 35.5. The van der Waals surface area contributed by atoms with Gasteiger partial charge in [0, 0.05) is 34.4 Å². The highest BCUT2D eigenvalue weighted by Crippen LogP contribution is 2.38. The maximum atomic E-state index is 14.0. The third-order valence-electron chi connectivity index (χ3n) is 6.64. The van der Waals surface area contributed by atoms with Gasteiger partial charge >= 0.3 is 5.97 Å². The molecule has 0 spiro atoms. The molecule has 0 fully saturated rings. The number of allylic oxidation sites excluding steroid dienone is 1. The molecule has 3 heterocycles. The number of methoxy groups -OCH3 is 1. The third kappa shape index (κ3) is 5.53. The van der Waals surface area contributed by atoms with Gasteiger partial charge in [0.25, 0.3) is 11.2 Å². The van der Waals surface area contributed by atoms with Crippen molar-refractivity contribution in [3.8, 4) is 17.1 Å². The molecule has 5 rings (SSSR count). The van der Waals surface area contributed by atoms with E-state index >= 15 is 0 Å². The van der Waals surface area contributed by atoms with Crippen molar-refractivity contribution in [2.24, 2.45) is 4.99 Å². The monoisotopic (exact) mass is 607 g/mol. The number of rotatable bonds is 9. The Morgan fingerprint density at radius 2 is 1.95 bits per heavy atom. The number of halogens is 1. The largest absolute Gasteiger partial charge is 0.496 e. The fourth-order valence-electron chi connectivity index (χ4n) is 4.80. The number of nitrogens with zero attached hydrogens (tertiary/aromatic N) is 3. The van der Waals surface area contributed by atoms with E-state index in [2.05, 4.69) is 0 Å². The highest BCUT2D eigenvalue weighted by molar-refractivity contribution is 7.07. The van der Waals surface area contributed by atoms with E-state index in [9.17, 15) is 19.7 Å². The van der Waals surface area contributed by atoms with Crippen molar-refractivity contribution in [3.05, 3.63) is 112 Å². The standard InChI is InChI=1S/C30H26ClN3O7S/c1-4-6-22-26(29(36)40-5-2)27(21-15-18(31)9-13-24(21)39-3)33-28(35)25(42-30(33)32-22)16-20-12-14-23(41-20)17-7-10-19(11-8-17)34(37)38/h7-16,27H,4-6H2,1-3H3/b25-16+/t27-/m1/s1. The van der Waals surface area contributed by atoms with Crippen LogP contribution in [0, 0.1) is 10.1 Å². The zero-order valence-electron chi connectivity index (χ0n) is 23.0. The molecule has 1 aliphatic rings. The zero-order chi connectivity index (χ0) is 30.0. The summed E-state index contributed by atoms with van der Waals surface area (Å²) in [6.07, 6.45) is 2.82. The molecule has 0 unspecified atom stereocenters. The Kier molecular flexibility index (Phi) is 8.41. The summed E-state index contributed by atoms with van der Waals surface area (Å²) in [6, 6.07) is 13.6. The molecule has 4 aromatic rings. The minimum atomic E-state index is -0.884. The first-order valence-corrected chi connectivity index (χ1v) is 14.3. The van der Waals surface area contributed by atoms with E-state index in [-0.39, 0.29) is 23.4 Å².